The highest BCUT2D eigenvalue weighted by Gasteiger charge is 2.27. The fraction of sp³-hybridized carbons (Fsp3) is 0.818. The summed E-state index contributed by atoms with van der Waals surface area (Å²) in [6, 6.07) is 0. The lowest BCUT2D eigenvalue weighted by molar-refractivity contribution is -0.148. The number of carboxylic acid groups (broad SMARTS) is 2. The van der Waals surface area contributed by atoms with Gasteiger partial charge in [-0.1, -0.05) is 32.6 Å². The van der Waals surface area contributed by atoms with Crippen LogP contribution in [0.15, 0.2) is 0 Å². The van der Waals surface area contributed by atoms with Crippen LogP contribution < -0.4 is 0 Å². The smallest absolute Gasteiger partial charge is 0.309 e. The van der Waals surface area contributed by atoms with Crippen LogP contribution in [0.25, 0.3) is 0 Å². The minimum absolute atomic E-state index is 0.337. The number of rotatable bonds is 9. The number of hydrogen-bond acceptors (Lipinski definition) is 3. The molecule has 0 amide bonds. The predicted molar refractivity (Wildman–Crippen MR) is 58.1 cm³/mol. The Hall–Kier alpha value is -1.10. The fourth-order valence-electron chi connectivity index (χ4n) is 1.59. The standard InChI is InChI=1S/C11H20O5/c1-2-3-4-5-6-8(11(15)16)9(12)7-10(13)14/h8-9,12H,2-7H2,1H3,(H,13,14)(H,15,16). The molecule has 0 fully saturated rings. The lowest BCUT2D eigenvalue weighted by atomic mass is 9.93. The Bertz CT molecular complexity index is 226. The summed E-state index contributed by atoms with van der Waals surface area (Å²) in [6.45, 7) is 2.05. The highest BCUT2D eigenvalue weighted by molar-refractivity contribution is 5.73. The van der Waals surface area contributed by atoms with Gasteiger partial charge < -0.3 is 15.3 Å². The summed E-state index contributed by atoms with van der Waals surface area (Å²) in [7, 11) is 0. The molecule has 0 aromatic heterocycles. The van der Waals surface area contributed by atoms with Crippen LogP contribution in [0.1, 0.15) is 45.4 Å². The fourth-order valence-corrected chi connectivity index (χ4v) is 1.59. The van der Waals surface area contributed by atoms with Crippen molar-refractivity contribution in [2.45, 2.75) is 51.6 Å². The largest absolute Gasteiger partial charge is 0.481 e. The minimum atomic E-state index is -1.29. The Labute approximate surface area is 95.1 Å². The Balaban J connectivity index is 4.06. The molecule has 0 saturated carbocycles. The van der Waals surface area contributed by atoms with Crippen molar-refractivity contribution in [2.24, 2.45) is 5.92 Å². The molecular weight excluding hydrogens is 212 g/mol. The topological polar surface area (TPSA) is 94.8 Å². The molecule has 0 aromatic carbocycles. The quantitative estimate of drug-likeness (QED) is 0.523. The first-order valence-corrected chi connectivity index (χ1v) is 5.61. The average Bonchev–Trinajstić information content (AvgIpc) is 2.15. The zero-order valence-electron chi connectivity index (χ0n) is 9.56. The summed E-state index contributed by atoms with van der Waals surface area (Å²) in [6.07, 6.45) is 2.24. The van der Waals surface area contributed by atoms with Crippen molar-refractivity contribution in [1.82, 2.24) is 0 Å². The van der Waals surface area contributed by atoms with E-state index >= 15 is 0 Å². The van der Waals surface area contributed by atoms with Crippen molar-refractivity contribution in [1.29, 1.82) is 0 Å². The van der Waals surface area contributed by atoms with Gasteiger partial charge in [-0.05, 0) is 6.42 Å². The van der Waals surface area contributed by atoms with Gasteiger partial charge in [-0.15, -0.1) is 0 Å². The molecule has 0 rings (SSSR count). The lowest BCUT2D eigenvalue weighted by Gasteiger charge is -2.17. The van der Waals surface area contributed by atoms with E-state index in [-0.39, 0.29) is 0 Å². The van der Waals surface area contributed by atoms with E-state index in [4.69, 9.17) is 10.2 Å². The summed E-state index contributed by atoms with van der Waals surface area (Å²) in [5.74, 6) is -3.26. The van der Waals surface area contributed by atoms with Crippen LogP contribution in [0.4, 0.5) is 0 Å². The van der Waals surface area contributed by atoms with Crippen LogP contribution in [-0.4, -0.2) is 33.4 Å². The number of aliphatic hydroxyl groups excluding tert-OH is 1. The summed E-state index contributed by atoms with van der Waals surface area (Å²) in [4.78, 5) is 21.2. The zero-order valence-corrected chi connectivity index (χ0v) is 9.56. The predicted octanol–water partition coefficient (Wildman–Crippen LogP) is 1.49. The van der Waals surface area contributed by atoms with E-state index in [9.17, 15) is 14.7 Å². The molecule has 0 bridgehead atoms. The molecule has 0 aliphatic heterocycles. The number of aliphatic hydroxyl groups is 1. The van der Waals surface area contributed by atoms with Crippen molar-refractivity contribution >= 4 is 11.9 Å². The summed E-state index contributed by atoms with van der Waals surface area (Å²) < 4.78 is 0. The molecule has 0 aliphatic carbocycles. The van der Waals surface area contributed by atoms with Crippen molar-refractivity contribution in [2.75, 3.05) is 0 Å². The molecule has 5 heteroatoms. The summed E-state index contributed by atoms with van der Waals surface area (Å²) >= 11 is 0. The third-order valence-corrected chi connectivity index (χ3v) is 2.53. The second-order valence-electron chi connectivity index (χ2n) is 3.96. The van der Waals surface area contributed by atoms with Gasteiger partial charge in [0, 0.05) is 0 Å². The monoisotopic (exact) mass is 232 g/mol. The molecule has 2 atom stereocenters. The molecule has 2 unspecified atom stereocenters. The second-order valence-corrected chi connectivity index (χ2v) is 3.96. The first kappa shape index (κ1) is 14.9. The maximum Gasteiger partial charge on any atom is 0.309 e. The molecular formula is C11H20O5. The number of hydrogen-bond donors (Lipinski definition) is 3. The first-order chi connectivity index (χ1) is 7.49. The number of carbonyl (C=O) groups is 2. The Morgan fingerprint density at radius 2 is 1.75 bits per heavy atom. The molecule has 5 nitrogen and oxygen atoms in total. The van der Waals surface area contributed by atoms with E-state index in [1.54, 1.807) is 0 Å². The molecule has 94 valence electrons. The van der Waals surface area contributed by atoms with Crippen molar-refractivity contribution < 1.29 is 24.9 Å². The average molecular weight is 232 g/mol. The van der Waals surface area contributed by atoms with Gasteiger partial charge in [-0.2, -0.15) is 0 Å². The number of carboxylic acids is 2. The van der Waals surface area contributed by atoms with Crippen molar-refractivity contribution in [3.8, 4) is 0 Å². The number of unbranched alkanes of at least 4 members (excludes halogenated alkanes) is 3. The Kier molecular flexibility index (Phi) is 7.54. The molecule has 0 radical (unpaired) electrons. The molecule has 3 N–H and O–H groups in total. The van der Waals surface area contributed by atoms with Crippen LogP contribution >= 0.6 is 0 Å². The minimum Gasteiger partial charge on any atom is -0.481 e. The highest BCUT2D eigenvalue weighted by atomic mass is 16.4. The van der Waals surface area contributed by atoms with Gasteiger partial charge in [0.25, 0.3) is 0 Å². The van der Waals surface area contributed by atoms with Gasteiger partial charge >= 0.3 is 11.9 Å². The molecule has 0 heterocycles. The lowest BCUT2D eigenvalue weighted by Crippen LogP contribution is -2.30. The number of aliphatic carboxylic acids is 2. The van der Waals surface area contributed by atoms with Crippen LogP contribution in [0.5, 0.6) is 0 Å². The molecule has 0 aromatic rings. The van der Waals surface area contributed by atoms with E-state index in [1.165, 1.54) is 0 Å². The summed E-state index contributed by atoms with van der Waals surface area (Å²) in [5, 5.41) is 26.8. The van der Waals surface area contributed by atoms with E-state index in [0.717, 1.165) is 19.3 Å². The van der Waals surface area contributed by atoms with E-state index in [1.807, 2.05) is 6.92 Å². The van der Waals surface area contributed by atoms with Crippen LogP contribution in [0.3, 0.4) is 0 Å². The van der Waals surface area contributed by atoms with Gasteiger partial charge in [-0.25, -0.2) is 0 Å². The second kappa shape index (κ2) is 8.10. The Morgan fingerprint density at radius 1 is 1.12 bits per heavy atom. The van der Waals surface area contributed by atoms with Gasteiger partial charge in [0.1, 0.15) is 0 Å². The third-order valence-electron chi connectivity index (χ3n) is 2.53. The third kappa shape index (κ3) is 6.40. The van der Waals surface area contributed by atoms with Crippen LogP contribution in [0, 0.1) is 5.92 Å². The SMILES string of the molecule is CCCCCCC(C(=O)O)C(O)CC(=O)O. The molecule has 0 aliphatic rings. The van der Waals surface area contributed by atoms with Gasteiger partial charge in [-0.3, -0.25) is 9.59 Å². The van der Waals surface area contributed by atoms with E-state index < -0.39 is 30.4 Å². The maximum atomic E-state index is 10.8. The Morgan fingerprint density at radius 3 is 2.19 bits per heavy atom. The molecule has 16 heavy (non-hydrogen) atoms. The van der Waals surface area contributed by atoms with Crippen molar-refractivity contribution in [3.63, 3.8) is 0 Å². The van der Waals surface area contributed by atoms with Crippen LogP contribution in [0.2, 0.25) is 0 Å². The maximum absolute atomic E-state index is 10.8. The van der Waals surface area contributed by atoms with E-state index in [0.29, 0.717) is 12.8 Å². The molecule has 0 spiro atoms. The zero-order chi connectivity index (χ0) is 12.6. The van der Waals surface area contributed by atoms with Gasteiger partial charge in [0.2, 0.25) is 0 Å². The summed E-state index contributed by atoms with van der Waals surface area (Å²) in [5.41, 5.74) is 0. The van der Waals surface area contributed by atoms with Crippen molar-refractivity contribution in [3.05, 3.63) is 0 Å². The van der Waals surface area contributed by atoms with Gasteiger partial charge in [0.05, 0.1) is 18.4 Å². The molecule has 0 saturated heterocycles. The van der Waals surface area contributed by atoms with Gasteiger partial charge in [0.15, 0.2) is 0 Å². The first-order valence-electron chi connectivity index (χ1n) is 5.61. The highest BCUT2D eigenvalue weighted by Crippen LogP contribution is 2.17. The normalized spacial score (nSPS) is 14.4. The van der Waals surface area contributed by atoms with E-state index in [2.05, 4.69) is 0 Å². The van der Waals surface area contributed by atoms with Crippen LogP contribution in [-0.2, 0) is 9.59 Å².